The van der Waals surface area contributed by atoms with Crippen molar-refractivity contribution in [3.63, 3.8) is 0 Å². The van der Waals surface area contributed by atoms with Gasteiger partial charge in [0.2, 0.25) is 5.91 Å². The van der Waals surface area contributed by atoms with Crippen LogP contribution in [0.2, 0.25) is 0 Å². The second kappa shape index (κ2) is 7.13. The summed E-state index contributed by atoms with van der Waals surface area (Å²) in [5.74, 6) is 0.806. The van der Waals surface area contributed by atoms with Crippen molar-refractivity contribution in [2.24, 2.45) is 0 Å². The average molecular weight is 273 g/mol. The van der Waals surface area contributed by atoms with E-state index in [1.807, 2.05) is 18.2 Å². The van der Waals surface area contributed by atoms with Crippen molar-refractivity contribution in [3.8, 4) is 5.75 Å². The zero-order valence-electron chi connectivity index (χ0n) is 12.4. The molecule has 20 heavy (non-hydrogen) atoms. The summed E-state index contributed by atoms with van der Waals surface area (Å²) in [6.07, 6.45) is 9.45. The second-order valence-corrected chi connectivity index (χ2v) is 5.31. The lowest BCUT2D eigenvalue weighted by Crippen LogP contribution is -2.08. The van der Waals surface area contributed by atoms with Crippen LogP contribution in [0.4, 0.5) is 5.69 Å². The largest absolute Gasteiger partial charge is 0.497 e. The number of carbonyl (C=O) groups is 1. The number of hydrogen-bond acceptors (Lipinski definition) is 2. The Morgan fingerprint density at radius 3 is 2.80 bits per heavy atom. The molecular weight excluding hydrogens is 250 g/mol. The lowest BCUT2D eigenvalue weighted by atomic mass is 9.94. The summed E-state index contributed by atoms with van der Waals surface area (Å²) >= 11 is 0. The number of amides is 1. The van der Waals surface area contributed by atoms with Gasteiger partial charge in [-0.15, -0.1) is 0 Å². The van der Waals surface area contributed by atoms with Crippen LogP contribution in [0.25, 0.3) is 0 Å². The molecule has 0 radical (unpaired) electrons. The molecule has 1 amide bonds. The van der Waals surface area contributed by atoms with E-state index in [9.17, 15) is 4.79 Å². The number of methoxy groups -OCH3 is 1. The van der Waals surface area contributed by atoms with Crippen molar-refractivity contribution in [2.45, 2.75) is 45.4 Å². The van der Waals surface area contributed by atoms with E-state index in [1.54, 1.807) is 12.7 Å². The Bertz CT molecular complexity index is 506. The fourth-order valence-corrected chi connectivity index (χ4v) is 2.64. The summed E-state index contributed by atoms with van der Waals surface area (Å²) < 4.78 is 5.28. The molecule has 0 atom stereocenters. The van der Waals surface area contributed by atoms with Gasteiger partial charge in [-0.3, -0.25) is 4.79 Å². The van der Waals surface area contributed by atoms with Crippen molar-refractivity contribution < 1.29 is 9.53 Å². The maximum absolute atomic E-state index is 11.3. The average Bonchev–Trinajstić information content (AvgIpc) is 2.47. The van der Waals surface area contributed by atoms with Crippen LogP contribution in [-0.4, -0.2) is 13.0 Å². The summed E-state index contributed by atoms with van der Waals surface area (Å²) in [4.78, 5) is 11.3. The number of hydrogen-bond donors (Lipinski definition) is 1. The van der Waals surface area contributed by atoms with E-state index < -0.39 is 0 Å². The molecule has 0 unspecified atom stereocenters. The molecule has 1 aromatic carbocycles. The number of anilines is 1. The van der Waals surface area contributed by atoms with Crippen molar-refractivity contribution >= 4 is 11.6 Å². The van der Waals surface area contributed by atoms with E-state index in [4.69, 9.17) is 4.74 Å². The van der Waals surface area contributed by atoms with Crippen LogP contribution in [0.1, 0.15) is 44.6 Å². The number of benzene rings is 1. The fraction of sp³-hybridized carbons (Fsp3) is 0.471. The maximum atomic E-state index is 11.3. The number of carbonyl (C=O) groups excluding carboxylic acids is 1. The van der Waals surface area contributed by atoms with Crippen LogP contribution in [0.5, 0.6) is 5.75 Å². The van der Waals surface area contributed by atoms with Gasteiger partial charge in [-0.25, -0.2) is 0 Å². The zero-order valence-corrected chi connectivity index (χ0v) is 12.4. The van der Waals surface area contributed by atoms with Gasteiger partial charge in [0, 0.05) is 12.6 Å². The predicted octanol–water partition coefficient (Wildman–Crippen LogP) is 4.09. The molecule has 0 aromatic heterocycles. The van der Waals surface area contributed by atoms with Gasteiger partial charge in [0.05, 0.1) is 7.11 Å². The molecule has 3 nitrogen and oxygen atoms in total. The van der Waals surface area contributed by atoms with Gasteiger partial charge in [-0.1, -0.05) is 11.6 Å². The van der Waals surface area contributed by atoms with Crippen molar-refractivity contribution in [1.29, 1.82) is 0 Å². The molecule has 1 N–H and O–H groups in total. The smallest absolute Gasteiger partial charge is 0.221 e. The molecule has 0 saturated heterocycles. The van der Waals surface area contributed by atoms with E-state index in [2.05, 4.69) is 11.4 Å². The predicted molar refractivity (Wildman–Crippen MR) is 82.2 cm³/mol. The minimum absolute atomic E-state index is 0.0340. The summed E-state index contributed by atoms with van der Waals surface area (Å²) in [6, 6.07) is 5.83. The van der Waals surface area contributed by atoms with E-state index in [0.29, 0.717) is 0 Å². The van der Waals surface area contributed by atoms with Crippen molar-refractivity contribution in [3.05, 3.63) is 35.4 Å². The molecule has 108 valence electrons. The van der Waals surface area contributed by atoms with Crippen molar-refractivity contribution in [1.82, 2.24) is 0 Å². The molecule has 0 heterocycles. The maximum Gasteiger partial charge on any atom is 0.221 e. The SMILES string of the molecule is COc1ccc(NC(C)=O)c(CCC2=CCCCC2)c1. The van der Waals surface area contributed by atoms with Crippen molar-refractivity contribution in [2.75, 3.05) is 12.4 Å². The fourth-order valence-electron chi connectivity index (χ4n) is 2.64. The molecule has 0 spiro atoms. The molecule has 0 fully saturated rings. The number of rotatable bonds is 5. The quantitative estimate of drug-likeness (QED) is 0.821. The van der Waals surface area contributed by atoms with Crippen LogP contribution in [0.15, 0.2) is 29.8 Å². The van der Waals surface area contributed by atoms with Gasteiger partial charge in [-0.05, 0) is 62.3 Å². The number of nitrogens with one attached hydrogen (secondary N) is 1. The Hall–Kier alpha value is -1.77. The molecular formula is C17H23NO2. The Labute approximate surface area is 121 Å². The third-order valence-electron chi connectivity index (χ3n) is 3.72. The van der Waals surface area contributed by atoms with Crippen LogP contribution in [0, 0.1) is 0 Å². The number of allylic oxidation sites excluding steroid dienone is 2. The Morgan fingerprint density at radius 2 is 2.15 bits per heavy atom. The molecule has 1 aliphatic rings. The van der Waals surface area contributed by atoms with Gasteiger partial charge < -0.3 is 10.1 Å². The van der Waals surface area contributed by atoms with E-state index in [-0.39, 0.29) is 5.91 Å². The van der Waals surface area contributed by atoms with E-state index >= 15 is 0 Å². The highest BCUT2D eigenvalue weighted by atomic mass is 16.5. The van der Waals surface area contributed by atoms with Crippen LogP contribution in [0.3, 0.4) is 0 Å². The van der Waals surface area contributed by atoms with Gasteiger partial charge >= 0.3 is 0 Å². The first-order valence-electron chi connectivity index (χ1n) is 7.31. The Kier molecular flexibility index (Phi) is 5.22. The first kappa shape index (κ1) is 14.6. The van der Waals surface area contributed by atoms with Gasteiger partial charge in [0.15, 0.2) is 0 Å². The molecule has 0 aliphatic heterocycles. The molecule has 1 aliphatic carbocycles. The summed E-state index contributed by atoms with van der Waals surface area (Å²) in [7, 11) is 1.67. The third kappa shape index (κ3) is 4.12. The number of aryl methyl sites for hydroxylation is 1. The van der Waals surface area contributed by atoms with Crippen LogP contribution in [-0.2, 0) is 11.2 Å². The second-order valence-electron chi connectivity index (χ2n) is 5.31. The normalized spacial score (nSPS) is 14.6. The summed E-state index contributed by atoms with van der Waals surface area (Å²) in [6.45, 7) is 1.54. The highest BCUT2D eigenvalue weighted by Crippen LogP contribution is 2.27. The van der Waals surface area contributed by atoms with Gasteiger partial charge in [0.1, 0.15) is 5.75 Å². The van der Waals surface area contributed by atoms with Crippen LogP contribution < -0.4 is 10.1 Å². The van der Waals surface area contributed by atoms with E-state index in [0.717, 1.165) is 29.8 Å². The highest BCUT2D eigenvalue weighted by Gasteiger charge is 2.09. The van der Waals surface area contributed by atoms with Gasteiger partial charge in [0.25, 0.3) is 0 Å². The molecule has 0 saturated carbocycles. The molecule has 1 aromatic rings. The standard InChI is InChI=1S/C17H23NO2/c1-13(19)18-17-11-10-16(20-2)12-15(17)9-8-14-6-4-3-5-7-14/h6,10-12H,3-5,7-9H2,1-2H3,(H,18,19). The highest BCUT2D eigenvalue weighted by molar-refractivity contribution is 5.89. The Morgan fingerprint density at radius 1 is 1.30 bits per heavy atom. The van der Waals surface area contributed by atoms with E-state index in [1.165, 1.54) is 32.6 Å². The first-order valence-corrected chi connectivity index (χ1v) is 7.31. The number of ether oxygens (including phenoxy) is 1. The lowest BCUT2D eigenvalue weighted by molar-refractivity contribution is -0.114. The topological polar surface area (TPSA) is 38.3 Å². The van der Waals surface area contributed by atoms with Crippen LogP contribution >= 0.6 is 0 Å². The monoisotopic (exact) mass is 273 g/mol. The lowest BCUT2D eigenvalue weighted by Gasteiger charge is -2.15. The summed E-state index contributed by atoms with van der Waals surface area (Å²) in [5.41, 5.74) is 3.59. The molecule has 0 bridgehead atoms. The third-order valence-corrected chi connectivity index (χ3v) is 3.72. The summed E-state index contributed by atoms with van der Waals surface area (Å²) in [5, 5.41) is 2.90. The Balaban J connectivity index is 2.10. The molecule has 3 heteroatoms. The molecule has 2 rings (SSSR count). The zero-order chi connectivity index (χ0) is 14.4. The minimum atomic E-state index is -0.0340. The van der Waals surface area contributed by atoms with Gasteiger partial charge in [-0.2, -0.15) is 0 Å². The minimum Gasteiger partial charge on any atom is -0.497 e. The first-order chi connectivity index (χ1) is 9.69.